The van der Waals surface area contributed by atoms with Gasteiger partial charge in [0.05, 0.1) is 23.5 Å². The maximum absolute atomic E-state index is 12.5. The van der Waals surface area contributed by atoms with Crippen molar-refractivity contribution in [2.24, 2.45) is 5.92 Å². The van der Waals surface area contributed by atoms with Crippen molar-refractivity contribution in [1.29, 1.82) is 0 Å². The Bertz CT molecular complexity index is 697. The predicted molar refractivity (Wildman–Crippen MR) is 92.2 cm³/mol. The van der Waals surface area contributed by atoms with Crippen LogP contribution in [-0.2, 0) is 24.3 Å². The van der Waals surface area contributed by atoms with E-state index in [-0.39, 0.29) is 22.7 Å². The van der Waals surface area contributed by atoms with E-state index < -0.39 is 16.1 Å². The number of likely N-dealkylation sites (tertiary alicyclic amines) is 1. The minimum atomic E-state index is -3.75. The number of carbonyl (C=O) groups is 2. The van der Waals surface area contributed by atoms with E-state index in [4.69, 9.17) is 4.74 Å². The molecule has 1 heterocycles. The zero-order valence-electron chi connectivity index (χ0n) is 14.5. The third-order valence-corrected chi connectivity index (χ3v) is 5.74. The lowest BCUT2D eigenvalue weighted by atomic mass is 9.96. The number of rotatable bonds is 6. The second-order valence-corrected chi connectivity index (χ2v) is 7.72. The molecule has 1 N–H and O–H groups in total. The summed E-state index contributed by atoms with van der Waals surface area (Å²) in [5.41, 5.74) is 0. The molecule has 1 atom stereocenters. The lowest BCUT2D eigenvalue weighted by Crippen LogP contribution is -2.49. The number of benzene rings is 1. The molecule has 0 bridgehead atoms. The number of hydrogen-bond acceptors (Lipinski definition) is 5. The first kappa shape index (κ1) is 19.4. The monoisotopic (exact) mass is 368 g/mol. The Balaban J connectivity index is 1.92. The Kier molecular flexibility index (Phi) is 6.55. The molecule has 1 fully saturated rings. The molecule has 0 aromatic heterocycles. The summed E-state index contributed by atoms with van der Waals surface area (Å²) >= 11 is 0. The fourth-order valence-electron chi connectivity index (χ4n) is 2.82. The molecular weight excluding hydrogens is 344 g/mol. The van der Waals surface area contributed by atoms with Gasteiger partial charge in [0, 0.05) is 13.1 Å². The Labute approximate surface area is 148 Å². The maximum Gasteiger partial charge on any atom is 0.309 e. The van der Waals surface area contributed by atoms with E-state index in [0.717, 1.165) is 0 Å². The van der Waals surface area contributed by atoms with Gasteiger partial charge in [0.25, 0.3) is 0 Å². The van der Waals surface area contributed by atoms with Crippen molar-refractivity contribution in [3.8, 4) is 0 Å². The minimum Gasteiger partial charge on any atom is -0.466 e. The van der Waals surface area contributed by atoms with E-state index in [9.17, 15) is 18.0 Å². The quantitative estimate of drug-likeness (QED) is 0.761. The highest BCUT2D eigenvalue weighted by molar-refractivity contribution is 7.89. The molecule has 25 heavy (non-hydrogen) atoms. The Morgan fingerprint density at radius 1 is 1.24 bits per heavy atom. The molecular formula is C17H24N2O5S. The number of hydrogen-bond donors (Lipinski definition) is 1. The van der Waals surface area contributed by atoms with E-state index in [1.807, 2.05) is 0 Å². The van der Waals surface area contributed by atoms with Crippen molar-refractivity contribution in [2.45, 2.75) is 37.6 Å². The number of carbonyl (C=O) groups excluding carboxylic acids is 2. The summed E-state index contributed by atoms with van der Waals surface area (Å²) in [5, 5.41) is 0. The summed E-state index contributed by atoms with van der Waals surface area (Å²) in [6.45, 7) is 4.47. The van der Waals surface area contributed by atoms with Gasteiger partial charge in [-0.1, -0.05) is 18.2 Å². The van der Waals surface area contributed by atoms with Crippen molar-refractivity contribution in [3.05, 3.63) is 30.3 Å². The third-order valence-electron chi connectivity index (χ3n) is 4.18. The summed E-state index contributed by atoms with van der Waals surface area (Å²) in [7, 11) is -3.75. The Morgan fingerprint density at radius 3 is 2.40 bits per heavy atom. The van der Waals surface area contributed by atoms with Crippen LogP contribution in [0.25, 0.3) is 0 Å². The van der Waals surface area contributed by atoms with Crippen LogP contribution in [0.3, 0.4) is 0 Å². The molecule has 1 aliphatic heterocycles. The van der Waals surface area contributed by atoms with E-state index in [1.165, 1.54) is 19.1 Å². The molecule has 0 saturated carbocycles. The predicted octanol–water partition coefficient (Wildman–Crippen LogP) is 1.16. The average Bonchev–Trinajstić information content (AvgIpc) is 2.62. The van der Waals surface area contributed by atoms with E-state index >= 15 is 0 Å². The largest absolute Gasteiger partial charge is 0.466 e. The lowest BCUT2D eigenvalue weighted by Gasteiger charge is -2.32. The Hall–Kier alpha value is -1.93. The number of amides is 1. The van der Waals surface area contributed by atoms with Crippen LogP contribution >= 0.6 is 0 Å². The number of sulfonamides is 1. The van der Waals surface area contributed by atoms with Gasteiger partial charge < -0.3 is 9.64 Å². The second-order valence-electron chi connectivity index (χ2n) is 6.01. The van der Waals surface area contributed by atoms with Gasteiger partial charge in [0.1, 0.15) is 0 Å². The van der Waals surface area contributed by atoms with Crippen LogP contribution in [0.4, 0.5) is 0 Å². The first-order valence-electron chi connectivity index (χ1n) is 8.38. The highest BCUT2D eigenvalue weighted by Crippen LogP contribution is 2.19. The number of ether oxygens (including phenoxy) is 1. The summed E-state index contributed by atoms with van der Waals surface area (Å²) in [4.78, 5) is 25.9. The summed E-state index contributed by atoms with van der Waals surface area (Å²) in [5.74, 6) is -0.713. The fourth-order valence-corrected chi connectivity index (χ4v) is 4.04. The van der Waals surface area contributed by atoms with Crippen molar-refractivity contribution in [3.63, 3.8) is 0 Å². The van der Waals surface area contributed by atoms with Crippen LogP contribution < -0.4 is 4.72 Å². The van der Waals surface area contributed by atoms with Gasteiger partial charge in [-0.3, -0.25) is 9.59 Å². The molecule has 0 radical (unpaired) electrons. The maximum atomic E-state index is 12.5. The van der Waals surface area contributed by atoms with E-state index in [0.29, 0.717) is 32.5 Å². The number of nitrogens with one attached hydrogen (secondary N) is 1. The van der Waals surface area contributed by atoms with E-state index in [1.54, 1.807) is 30.0 Å². The zero-order chi connectivity index (χ0) is 18.4. The summed E-state index contributed by atoms with van der Waals surface area (Å²) in [6, 6.07) is 7.06. The standard InChI is InChI=1S/C17H24N2O5S/c1-3-24-17(21)14-9-11-19(12-10-14)16(20)13(2)18-25(22,23)15-7-5-4-6-8-15/h4-8,13-14,18H,3,9-12H2,1-2H3/t13-/m1/s1. The molecule has 0 unspecified atom stereocenters. The fraction of sp³-hybridized carbons (Fsp3) is 0.529. The molecule has 1 aromatic carbocycles. The Morgan fingerprint density at radius 2 is 1.84 bits per heavy atom. The van der Waals surface area contributed by atoms with Crippen LogP contribution in [0.15, 0.2) is 35.2 Å². The smallest absolute Gasteiger partial charge is 0.309 e. The molecule has 7 nitrogen and oxygen atoms in total. The van der Waals surface area contributed by atoms with Crippen LogP contribution in [0, 0.1) is 5.92 Å². The molecule has 2 rings (SSSR count). The molecule has 1 aliphatic rings. The average molecular weight is 368 g/mol. The molecule has 0 aliphatic carbocycles. The van der Waals surface area contributed by atoms with Gasteiger partial charge in [-0.2, -0.15) is 4.72 Å². The molecule has 1 aromatic rings. The number of piperidine rings is 1. The lowest BCUT2D eigenvalue weighted by molar-refractivity contribution is -0.151. The number of esters is 1. The third kappa shape index (κ3) is 5.02. The molecule has 0 spiro atoms. The highest BCUT2D eigenvalue weighted by Gasteiger charge is 2.31. The van der Waals surface area contributed by atoms with Gasteiger partial charge in [0.2, 0.25) is 15.9 Å². The number of nitrogens with zero attached hydrogens (tertiary/aromatic N) is 1. The van der Waals surface area contributed by atoms with Gasteiger partial charge in [-0.25, -0.2) is 8.42 Å². The minimum absolute atomic E-state index is 0.121. The van der Waals surface area contributed by atoms with Gasteiger partial charge in [-0.15, -0.1) is 0 Å². The van der Waals surface area contributed by atoms with Gasteiger partial charge in [-0.05, 0) is 38.8 Å². The van der Waals surface area contributed by atoms with Crippen LogP contribution in [0.5, 0.6) is 0 Å². The normalized spacial score (nSPS) is 17.1. The summed E-state index contributed by atoms with van der Waals surface area (Å²) < 4.78 is 32.0. The van der Waals surface area contributed by atoms with Crippen molar-refractivity contribution >= 4 is 21.9 Å². The van der Waals surface area contributed by atoms with Crippen molar-refractivity contribution in [2.75, 3.05) is 19.7 Å². The van der Waals surface area contributed by atoms with Crippen molar-refractivity contribution < 1.29 is 22.7 Å². The van der Waals surface area contributed by atoms with Crippen molar-refractivity contribution in [1.82, 2.24) is 9.62 Å². The van der Waals surface area contributed by atoms with Gasteiger partial charge in [0.15, 0.2) is 0 Å². The van der Waals surface area contributed by atoms with Crippen LogP contribution in [0.2, 0.25) is 0 Å². The van der Waals surface area contributed by atoms with Crippen LogP contribution in [-0.4, -0.2) is 50.9 Å². The SMILES string of the molecule is CCOC(=O)C1CCN(C(=O)[C@@H](C)NS(=O)(=O)c2ccccc2)CC1. The van der Waals surface area contributed by atoms with Gasteiger partial charge >= 0.3 is 5.97 Å². The molecule has 1 saturated heterocycles. The summed E-state index contributed by atoms with van der Waals surface area (Å²) in [6.07, 6.45) is 1.06. The second kappa shape index (κ2) is 8.44. The first-order valence-corrected chi connectivity index (χ1v) is 9.86. The van der Waals surface area contributed by atoms with E-state index in [2.05, 4.69) is 4.72 Å². The molecule has 1 amide bonds. The zero-order valence-corrected chi connectivity index (χ0v) is 15.3. The topological polar surface area (TPSA) is 92.8 Å². The van der Waals surface area contributed by atoms with Crippen LogP contribution in [0.1, 0.15) is 26.7 Å². The highest BCUT2D eigenvalue weighted by atomic mass is 32.2. The first-order chi connectivity index (χ1) is 11.8. The molecule has 8 heteroatoms. The molecule has 138 valence electrons.